The Labute approximate surface area is 126 Å². The van der Waals surface area contributed by atoms with Crippen molar-refractivity contribution in [1.29, 1.82) is 0 Å². The molecule has 2 heterocycles. The lowest BCUT2D eigenvalue weighted by molar-refractivity contribution is -0.125. The van der Waals surface area contributed by atoms with Crippen molar-refractivity contribution in [3.8, 4) is 5.88 Å². The number of rotatable bonds is 4. The highest BCUT2D eigenvalue weighted by atomic mass is 16.7. The molecule has 113 valence electrons. The van der Waals surface area contributed by atoms with Crippen molar-refractivity contribution in [1.82, 2.24) is 10.2 Å². The first-order valence-corrected chi connectivity index (χ1v) is 7.31. The summed E-state index contributed by atoms with van der Waals surface area (Å²) in [5.41, 5.74) is 0. The first-order chi connectivity index (χ1) is 9.76. The Morgan fingerprint density at radius 3 is 2.81 bits per heavy atom. The van der Waals surface area contributed by atoms with Gasteiger partial charge in [-0.05, 0) is 43.7 Å². The molecule has 1 saturated carbocycles. The lowest BCUT2D eigenvalue weighted by atomic mass is 9.86. The van der Waals surface area contributed by atoms with Gasteiger partial charge in [0, 0.05) is 26.9 Å². The van der Waals surface area contributed by atoms with Crippen LogP contribution in [0.25, 0.3) is 0 Å². The van der Waals surface area contributed by atoms with Gasteiger partial charge in [0.25, 0.3) is 5.88 Å². The second-order valence-corrected chi connectivity index (χ2v) is 5.65. The minimum Gasteiger partial charge on any atom is -0.393 e. The van der Waals surface area contributed by atoms with Crippen molar-refractivity contribution in [3.63, 3.8) is 0 Å². The molecule has 1 aromatic heterocycles. The molecule has 7 heteroatoms. The van der Waals surface area contributed by atoms with E-state index < -0.39 is 0 Å². The summed E-state index contributed by atoms with van der Waals surface area (Å²) in [6.45, 7) is 0.737. The van der Waals surface area contributed by atoms with Crippen molar-refractivity contribution in [2.45, 2.75) is 56.6 Å². The SMILES string of the molecule is O=C[C@@H]1CCCN1Oc1cc(C2CCC(O)CC2)on1.[B]. The Morgan fingerprint density at radius 1 is 1.33 bits per heavy atom. The standard InChI is InChI=1S/C14H20N2O4.B/c17-9-11-2-1-7-16(11)20-14-8-13(19-15-14)10-3-5-12(18)6-4-10;/h8-12,18H,1-7H2;/t10?,11-,12?;/m0./s1. The third-order valence-corrected chi connectivity index (χ3v) is 4.22. The average Bonchev–Trinajstić information content (AvgIpc) is 3.09. The van der Waals surface area contributed by atoms with E-state index in [1.165, 1.54) is 0 Å². The van der Waals surface area contributed by atoms with Crippen LogP contribution in [0.3, 0.4) is 0 Å². The van der Waals surface area contributed by atoms with Crippen LogP contribution >= 0.6 is 0 Å². The molecule has 6 nitrogen and oxygen atoms in total. The molecule has 1 aliphatic heterocycles. The monoisotopic (exact) mass is 291 g/mol. The van der Waals surface area contributed by atoms with Gasteiger partial charge in [0.2, 0.25) is 0 Å². The van der Waals surface area contributed by atoms with Gasteiger partial charge in [0.15, 0.2) is 0 Å². The van der Waals surface area contributed by atoms with Crippen LogP contribution in [-0.4, -0.2) is 48.7 Å². The molecular weight excluding hydrogens is 271 g/mol. The minimum atomic E-state index is -0.181. The summed E-state index contributed by atoms with van der Waals surface area (Å²) in [7, 11) is 0. The normalized spacial score (nSPS) is 29.9. The fourth-order valence-electron chi connectivity index (χ4n) is 3.00. The first-order valence-electron chi connectivity index (χ1n) is 7.31. The summed E-state index contributed by atoms with van der Waals surface area (Å²) >= 11 is 0. The molecule has 0 amide bonds. The Balaban J connectivity index is 0.00000161. The second-order valence-electron chi connectivity index (χ2n) is 5.65. The van der Waals surface area contributed by atoms with Crippen LogP contribution in [0, 0.1) is 0 Å². The van der Waals surface area contributed by atoms with Crippen LogP contribution in [0.4, 0.5) is 0 Å². The Hall–Kier alpha value is -1.34. The van der Waals surface area contributed by atoms with E-state index in [0.29, 0.717) is 11.8 Å². The summed E-state index contributed by atoms with van der Waals surface area (Å²) in [6, 6.07) is 1.63. The average molecular weight is 291 g/mol. The van der Waals surface area contributed by atoms with Crippen LogP contribution in [0.5, 0.6) is 5.88 Å². The van der Waals surface area contributed by atoms with Gasteiger partial charge in [-0.15, -0.1) is 5.06 Å². The number of aromatic nitrogens is 1. The topological polar surface area (TPSA) is 75.8 Å². The zero-order valence-electron chi connectivity index (χ0n) is 12.0. The van der Waals surface area contributed by atoms with Gasteiger partial charge in [-0.25, -0.2) is 0 Å². The van der Waals surface area contributed by atoms with E-state index in [9.17, 15) is 9.90 Å². The number of hydroxylamine groups is 2. The molecule has 3 rings (SSSR count). The van der Waals surface area contributed by atoms with Gasteiger partial charge in [-0.2, -0.15) is 0 Å². The van der Waals surface area contributed by atoms with E-state index in [-0.39, 0.29) is 20.6 Å². The predicted molar refractivity (Wildman–Crippen MR) is 75.9 cm³/mol. The van der Waals surface area contributed by atoms with Crippen LogP contribution in [0.2, 0.25) is 0 Å². The fourth-order valence-corrected chi connectivity index (χ4v) is 3.00. The minimum absolute atomic E-state index is 0. The number of nitrogens with zero attached hydrogens (tertiary/aromatic N) is 2. The number of aliphatic hydroxyl groups excluding tert-OH is 1. The molecule has 1 aliphatic carbocycles. The number of hydrogen-bond donors (Lipinski definition) is 1. The van der Waals surface area contributed by atoms with Gasteiger partial charge in [0.05, 0.1) is 6.10 Å². The van der Waals surface area contributed by atoms with Gasteiger partial charge < -0.3 is 19.3 Å². The Kier molecular flexibility index (Phi) is 5.42. The molecule has 3 radical (unpaired) electrons. The zero-order chi connectivity index (χ0) is 13.9. The zero-order valence-corrected chi connectivity index (χ0v) is 12.0. The summed E-state index contributed by atoms with van der Waals surface area (Å²) in [4.78, 5) is 16.5. The van der Waals surface area contributed by atoms with Crippen LogP contribution in [0.1, 0.15) is 50.2 Å². The number of aliphatic hydroxyl groups is 1. The lowest BCUT2D eigenvalue weighted by Crippen LogP contribution is -2.33. The summed E-state index contributed by atoms with van der Waals surface area (Å²) < 4.78 is 5.35. The molecule has 1 N–H and O–H groups in total. The highest BCUT2D eigenvalue weighted by Crippen LogP contribution is 2.34. The fraction of sp³-hybridized carbons (Fsp3) is 0.714. The highest BCUT2D eigenvalue weighted by molar-refractivity contribution is 5.75. The van der Waals surface area contributed by atoms with Crippen molar-refractivity contribution >= 4 is 14.7 Å². The second kappa shape index (κ2) is 7.09. The first kappa shape index (κ1) is 16.0. The maximum Gasteiger partial charge on any atom is 0.277 e. The highest BCUT2D eigenvalue weighted by Gasteiger charge is 2.28. The van der Waals surface area contributed by atoms with Crippen molar-refractivity contribution in [3.05, 3.63) is 11.8 Å². The molecule has 0 bridgehead atoms. The van der Waals surface area contributed by atoms with E-state index in [2.05, 4.69) is 5.16 Å². The summed E-state index contributed by atoms with van der Waals surface area (Å²) in [6.07, 6.45) is 5.96. The Morgan fingerprint density at radius 2 is 2.10 bits per heavy atom. The third-order valence-electron chi connectivity index (χ3n) is 4.22. The summed E-state index contributed by atoms with van der Waals surface area (Å²) in [5.74, 6) is 1.54. The smallest absolute Gasteiger partial charge is 0.277 e. The molecule has 2 fully saturated rings. The molecule has 21 heavy (non-hydrogen) atoms. The quantitative estimate of drug-likeness (QED) is 0.665. The summed E-state index contributed by atoms with van der Waals surface area (Å²) in [5, 5.41) is 15.1. The van der Waals surface area contributed by atoms with Crippen LogP contribution < -0.4 is 4.84 Å². The molecule has 0 unspecified atom stereocenters. The van der Waals surface area contributed by atoms with Gasteiger partial charge in [-0.3, -0.25) is 0 Å². The van der Waals surface area contributed by atoms with Crippen molar-refractivity contribution in [2.24, 2.45) is 0 Å². The van der Waals surface area contributed by atoms with E-state index >= 15 is 0 Å². The molecule has 0 spiro atoms. The predicted octanol–water partition coefficient (Wildman–Crippen LogP) is 1.27. The van der Waals surface area contributed by atoms with E-state index in [1.807, 2.05) is 6.07 Å². The lowest BCUT2D eigenvalue weighted by Gasteiger charge is -2.22. The van der Waals surface area contributed by atoms with Crippen LogP contribution in [-0.2, 0) is 4.79 Å². The number of carbonyl (C=O) groups excluding carboxylic acids is 1. The molecule has 2 aliphatic rings. The van der Waals surface area contributed by atoms with Gasteiger partial charge >= 0.3 is 0 Å². The van der Waals surface area contributed by atoms with Crippen molar-refractivity contribution < 1.29 is 19.3 Å². The molecular formula is C14H20BN2O4. The van der Waals surface area contributed by atoms with Gasteiger partial charge in [0.1, 0.15) is 18.1 Å². The maximum atomic E-state index is 10.9. The molecule has 1 aromatic rings. The Bertz CT molecular complexity index is 460. The molecule has 1 atom stereocenters. The largest absolute Gasteiger partial charge is 0.393 e. The molecule has 0 aromatic carbocycles. The van der Waals surface area contributed by atoms with Crippen LogP contribution in [0.15, 0.2) is 10.6 Å². The molecule has 1 saturated heterocycles. The van der Waals surface area contributed by atoms with E-state index in [1.54, 1.807) is 5.06 Å². The number of aldehydes is 1. The number of hydrogen-bond acceptors (Lipinski definition) is 6. The number of carbonyl (C=O) groups is 1. The third kappa shape index (κ3) is 3.65. The maximum absolute atomic E-state index is 10.9. The van der Waals surface area contributed by atoms with E-state index in [4.69, 9.17) is 9.36 Å². The van der Waals surface area contributed by atoms with E-state index in [0.717, 1.165) is 57.1 Å². The van der Waals surface area contributed by atoms with Crippen molar-refractivity contribution in [2.75, 3.05) is 6.54 Å². The van der Waals surface area contributed by atoms with Gasteiger partial charge in [-0.1, -0.05) is 0 Å².